The van der Waals surface area contributed by atoms with Crippen LogP contribution in [-0.4, -0.2) is 35.5 Å². The summed E-state index contributed by atoms with van der Waals surface area (Å²) in [6, 6.07) is 24.5. The van der Waals surface area contributed by atoms with Crippen LogP contribution in [0.1, 0.15) is 56.7 Å². The van der Waals surface area contributed by atoms with Crippen LogP contribution in [0.15, 0.2) is 91.2 Å². The van der Waals surface area contributed by atoms with Crippen molar-refractivity contribution < 1.29 is 18.7 Å². The maximum atomic E-state index is 14.0. The van der Waals surface area contributed by atoms with E-state index >= 15 is 0 Å². The lowest BCUT2D eigenvalue weighted by Crippen LogP contribution is -2.47. The highest BCUT2D eigenvalue weighted by atomic mass is 19.1. The summed E-state index contributed by atoms with van der Waals surface area (Å²) in [7, 11) is 0. The van der Waals surface area contributed by atoms with Crippen LogP contribution in [0.4, 0.5) is 4.39 Å². The maximum absolute atomic E-state index is 14.0. The summed E-state index contributed by atoms with van der Waals surface area (Å²) in [5.41, 5.74) is 7.78. The van der Waals surface area contributed by atoms with Gasteiger partial charge in [-0.25, -0.2) is 4.39 Å². The van der Waals surface area contributed by atoms with Crippen molar-refractivity contribution in [1.82, 2.24) is 4.90 Å². The molecule has 2 N–H and O–H groups in total. The second-order valence-electron chi connectivity index (χ2n) is 10.8. The summed E-state index contributed by atoms with van der Waals surface area (Å²) >= 11 is 0. The minimum Gasteiger partial charge on any atom is -0.462 e. The van der Waals surface area contributed by atoms with Gasteiger partial charge in [0, 0.05) is 18.6 Å². The summed E-state index contributed by atoms with van der Waals surface area (Å²) < 4.78 is 25.6. The number of amides is 1. The first kappa shape index (κ1) is 28.5. The van der Waals surface area contributed by atoms with E-state index < -0.39 is 11.2 Å². The van der Waals surface area contributed by atoms with Gasteiger partial charge in [-0.2, -0.15) is 0 Å². The average Bonchev–Trinajstić information content (AvgIpc) is 3.43. The standard InChI is InChI=1S/C33H39FN2O3/c1-4-21-38-30-22-25(15-16-29(30)34)24-39-28-17-20-36(23-28)32(2,3)18-19-33(31(35)37,26-11-7-5-8-12-26)27-13-9-6-10-14-27/h4-16,21-22,28H,17-20,23-24H2,1-3H3,(H2,35,37). The molecule has 5 nitrogen and oxygen atoms in total. The zero-order valence-electron chi connectivity index (χ0n) is 23.1. The fourth-order valence-corrected chi connectivity index (χ4v) is 5.46. The number of nitrogens with zero attached hydrogens (tertiary/aromatic N) is 1. The van der Waals surface area contributed by atoms with Crippen molar-refractivity contribution in [3.05, 3.63) is 114 Å². The van der Waals surface area contributed by atoms with E-state index in [0.717, 1.165) is 42.6 Å². The first-order valence-electron chi connectivity index (χ1n) is 13.6. The zero-order chi connectivity index (χ0) is 27.9. The van der Waals surface area contributed by atoms with Gasteiger partial charge in [-0.15, -0.1) is 0 Å². The molecule has 1 unspecified atom stereocenters. The van der Waals surface area contributed by atoms with E-state index in [9.17, 15) is 9.18 Å². The SMILES string of the molecule is CC=COc1cc(COC2CCN(C(C)(C)CCC(C(N)=O)(c3ccccc3)c3ccccc3)C2)ccc1F. The maximum Gasteiger partial charge on any atom is 0.232 e. The molecule has 0 bridgehead atoms. The van der Waals surface area contributed by atoms with E-state index in [0.29, 0.717) is 13.0 Å². The third-order valence-corrected chi connectivity index (χ3v) is 7.88. The molecule has 1 fully saturated rings. The Morgan fingerprint density at radius 2 is 1.67 bits per heavy atom. The lowest BCUT2D eigenvalue weighted by Gasteiger charge is -2.40. The number of likely N-dealkylation sites (tertiary alicyclic amines) is 1. The first-order valence-corrected chi connectivity index (χ1v) is 13.6. The number of carbonyl (C=O) groups excluding carboxylic acids is 1. The number of allylic oxidation sites excluding steroid dienone is 1. The van der Waals surface area contributed by atoms with E-state index in [1.807, 2.05) is 67.6 Å². The molecule has 39 heavy (non-hydrogen) atoms. The minimum absolute atomic E-state index is 0.0679. The molecule has 1 heterocycles. The van der Waals surface area contributed by atoms with Gasteiger partial charge in [0.25, 0.3) is 0 Å². The van der Waals surface area contributed by atoms with Crippen LogP contribution in [0.2, 0.25) is 0 Å². The quantitative estimate of drug-likeness (QED) is 0.277. The minimum atomic E-state index is -0.912. The lowest BCUT2D eigenvalue weighted by atomic mass is 9.69. The monoisotopic (exact) mass is 530 g/mol. The molecule has 6 heteroatoms. The highest BCUT2D eigenvalue weighted by Crippen LogP contribution is 2.40. The second kappa shape index (κ2) is 12.6. The van der Waals surface area contributed by atoms with E-state index in [1.165, 1.54) is 12.3 Å². The molecule has 4 rings (SSSR count). The molecule has 1 saturated heterocycles. The normalized spacial score (nSPS) is 16.6. The summed E-state index contributed by atoms with van der Waals surface area (Å²) in [4.78, 5) is 15.6. The molecule has 0 aromatic heterocycles. The van der Waals surface area contributed by atoms with E-state index in [2.05, 4.69) is 18.7 Å². The molecule has 3 aromatic rings. The van der Waals surface area contributed by atoms with Gasteiger partial charge in [-0.1, -0.05) is 72.8 Å². The number of hydrogen-bond donors (Lipinski definition) is 1. The van der Waals surface area contributed by atoms with Gasteiger partial charge in [0.15, 0.2) is 11.6 Å². The highest BCUT2D eigenvalue weighted by molar-refractivity contribution is 5.90. The van der Waals surface area contributed by atoms with Crippen molar-refractivity contribution in [3.63, 3.8) is 0 Å². The van der Waals surface area contributed by atoms with Crippen molar-refractivity contribution in [2.24, 2.45) is 5.73 Å². The Kier molecular flexibility index (Phi) is 9.20. The van der Waals surface area contributed by atoms with Crippen LogP contribution in [0, 0.1) is 5.82 Å². The summed E-state index contributed by atoms with van der Waals surface area (Å²) in [6.45, 7) is 8.34. The Balaban J connectivity index is 1.43. The molecule has 1 amide bonds. The van der Waals surface area contributed by atoms with Gasteiger partial charge in [-0.3, -0.25) is 9.69 Å². The van der Waals surface area contributed by atoms with Gasteiger partial charge in [-0.05, 0) is 68.9 Å². The number of rotatable bonds is 12. The molecular formula is C33H39FN2O3. The molecule has 3 aromatic carbocycles. The topological polar surface area (TPSA) is 64.8 Å². The van der Waals surface area contributed by atoms with Crippen LogP contribution in [0.25, 0.3) is 0 Å². The Morgan fingerprint density at radius 3 is 2.26 bits per heavy atom. The third kappa shape index (κ3) is 6.57. The van der Waals surface area contributed by atoms with Gasteiger partial charge in [0.1, 0.15) is 0 Å². The van der Waals surface area contributed by atoms with Crippen molar-refractivity contribution in [2.75, 3.05) is 13.1 Å². The number of nitrogens with two attached hydrogens (primary N) is 1. The second-order valence-corrected chi connectivity index (χ2v) is 10.8. The fourth-order valence-electron chi connectivity index (χ4n) is 5.46. The van der Waals surface area contributed by atoms with Gasteiger partial charge in [0.2, 0.25) is 5.91 Å². The number of benzene rings is 3. The molecular weight excluding hydrogens is 491 g/mol. The predicted octanol–water partition coefficient (Wildman–Crippen LogP) is 6.36. The molecule has 0 saturated carbocycles. The molecule has 0 spiro atoms. The molecule has 1 aliphatic rings. The van der Waals surface area contributed by atoms with Gasteiger partial charge in [0.05, 0.1) is 24.4 Å². The summed E-state index contributed by atoms with van der Waals surface area (Å²) in [6.07, 6.45) is 5.52. The van der Waals surface area contributed by atoms with Crippen molar-refractivity contribution >= 4 is 5.91 Å². The van der Waals surface area contributed by atoms with Gasteiger partial charge >= 0.3 is 0 Å². The number of halogens is 1. The van der Waals surface area contributed by atoms with Crippen molar-refractivity contribution in [3.8, 4) is 5.75 Å². The smallest absolute Gasteiger partial charge is 0.232 e. The Labute approximate surface area is 231 Å². The number of primary amides is 1. The van der Waals surface area contributed by atoms with Gasteiger partial charge < -0.3 is 15.2 Å². The third-order valence-electron chi connectivity index (χ3n) is 7.88. The number of ether oxygens (including phenoxy) is 2. The Bertz CT molecular complexity index is 1220. The van der Waals surface area contributed by atoms with E-state index in [4.69, 9.17) is 15.2 Å². The fraction of sp³-hybridized carbons (Fsp3) is 0.364. The van der Waals surface area contributed by atoms with Crippen molar-refractivity contribution in [2.45, 2.75) is 63.7 Å². The van der Waals surface area contributed by atoms with Crippen LogP contribution >= 0.6 is 0 Å². The molecule has 1 aliphatic heterocycles. The highest BCUT2D eigenvalue weighted by Gasteiger charge is 2.43. The van der Waals surface area contributed by atoms with E-state index in [1.54, 1.807) is 18.2 Å². The zero-order valence-corrected chi connectivity index (χ0v) is 23.1. The van der Waals surface area contributed by atoms with Crippen LogP contribution < -0.4 is 10.5 Å². The molecule has 0 radical (unpaired) electrons. The Hall–Kier alpha value is -3.48. The molecule has 1 atom stereocenters. The summed E-state index contributed by atoms with van der Waals surface area (Å²) in [5, 5.41) is 0. The largest absolute Gasteiger partial charge is 0.462 e. The van der Waals surface area contributed by atoms with Crippen LogP contribution in [0.5, 0.6) is 5.75 Å². The van der Waals surface area contributed by atoms with Crippen molar-refractivity contribution in [1.29, 1.82) is 0 Å². The summed E-state index contributed by atoms with van der Waals surface area (Å²) in [5.74, 6) is -0.544. The molecule has 0 aliphatic carbocycles. The average molecular weight is 531 g/mol. The van der Waals surface area contributed by atoms with Crippen LogP contribution in [0.3, 0.4) is 0 Å². The molecule has 206 valence electrons. The number of hydrogen-bond acceptors (Lipinski definition) is 4. The first-order chi connectivity index (χ1) is 18.8. The van der Waals surface area contributed by atoms with Crippen LogP contribution in [-0.2, 0) is 21.6 Å². The van der Waals surface area contributed by atoms with E-state index in [-0.39, 0.29) is 23.3 Å². The number of carbonyl (C=O) groups is 1. The Morgan fingerprint density at radius 1 is 1.03 bits per heavy atom. The predicted molar refractivity (Wildman–Crippen MR) is 153 cm³/mol. The lowest BCUT2D eigenvalue weighted by molar-refractivity contribution is -0.122.